The maximum absolute atomic E-state index is 10.8. The van der Waals surface area contributed by atoms with Crippen molar-refractivity contribution < 1.29 is 14.4 Å². The smallest absolute Gasteiger partial charge is 0.274 e. The highest BCUT2D eigenvalue weighted by molar-refractivity contribution is 9.10. The summed E-state index contributed by atoms with van der Waals surface area (Å²) in [6.45, 7) is 0. The summed E-state index contributed by atoms with van der Waals surface area (Å²) in [4.78, 5) is 10.3. The number of nitro groups is 1. The van der Waals surface area contributed by atoms with Gasteiger partial charge in [0.2, 0.25) is 0 Å². The highest BCUT2D eigenvalue weighted by Crippen LogP contribution is 2.30. The maximum Gasteiger partial charge on any atom is 0.274 e. The highest BCUT2D eigenvalue weighted by Gasteiger charge is 2.10. The van der Waals surface area contributed by atoms with Crippen LogP contribution in [0.25, 0.3) is 0 Å². The molecule has 2 aromatic rings. The molecule has 0 bridgehead atoms. The van der Waals surface area contributed by atoms with Crippen LogP contribution >= 0.6 is 15.9 Å². The number of ether oxygens (including phenoxy) is 2. The molecule has 0 unspecified atom stereocenters. The van der Waals surface area contributed by atoms with Gasteiger partial charge < -0.3 is 9.47 Å². The van der Waals surface area contributed by atoms with Gasteiger partial charge in [-0.15, -0.1) is 0 Å². The third-order valence-corrected chi connectivity index (χ3v) is 2.82. The van der Waals surface area contributed by atoms with E-state index in [1.807, 2.05) is 0 Å². The van der Waals surface area contributed by atoms with Crippen LogP contribution in [0, 0.1) is 10.1 Å². The number of hydrogen-bond donors (Lipinski definition) is 0. The van der Waals surface area contributed by atoms with Crippen LogP contribution in [0.3, 0.4) is 0 Å². The molecule has 0 N–H and O–H groups in total. The van der Waals surface area contributed by atoms with E-state index < -0.39 is 4.92 Å². The van der Waals surface area contributed by atoms with Crippen molar-refractivity contribution in [2.75, 3.05) is 7.11 Å². The predicted molar refractivity (Wildman–Crippen MR) is 73.9 cm³/mol. The van der Waals surface area contributed by atoms with Crippen molar-refractivity contribution >= 4 is 21.6 Å². The quantitative estimate of drug-likeness (QED) is 0.626. The van der Waals surface area contributed by atoms with Gasteiger partial charge in [-0.05, 0) is 30.3 Å². The summed E-state index contributed by atoms with van der Waals surface area (Å²) < 4.78 is 11.2. The Bertz CT molecular complexity index is 598. The second kappa shape index (κ2) is 5.71. The van der Waals surface area contributed by atoms with E-state index in [0.717, 1.165) is 0 Å². The van der Waals surface area contributed by atoms with Crippen molar-refractivity contribution in [3.63, 3.8) is 0 Å². The molecule has 0 atom stereocenters. The number of hydrogen-bond acceptors (Lipinski definition) is 4. The minimum Gasteiger partial charge on any atom is -0.497 e. The summed E-state index contributed by atoms with van der Waals surface area (Å²) in [5.74, 6) is 1.69. The van der Waals surface area contributed by atoms with E-state index in [0.29, 0.717) is 21.7 Å². The molecule has 0 fully saturated rings. The molecule has 0 spiro atoms. The van der Waals surface area contributed by atoms with Gasteiger partial charge >= 0.3 is 0 Å². The van der Waals surface area contributed by atoms with Gasteiger partial charge in [-0.25, -0.2) is 0 Å². The van der Waals surface area contributed by atoms with Crippen LogP contribution < -0.4 is 9.47 Å². The molecule has 5 nitrogen and oxygen atoms in total. The molecule has 2 rings (SSSR count). The Balaban J connectivity index is 2.24. The minimum absolute atomic E-state index is 0.0297. The first-order valence-corrected chi connectivity index (χ1v) is 6.14. The van der Waals surface area contributed by atoms with Crippen LogP contribution in [0.5, 0.6) is 17.2 Å². The van der Waals surface area contributed by atoms with Crippen molar-refractivity contribution in [2.45, 2.75) is 0 Å². The Morgan fingerprint density at radius 2 is 1.68 bits per heavy atom. The summed E-state index contributed by atoms with van der Waals surface area (Å²) >= 11 is 3.21. The van der Waals surface area contributed by atoms with Crippen molar-refractivity contribution in [3.05, 3.63) is 57.1 Å². The maximum atomic E-state index is 10.8. The second-order valence-electron chi connectivity index (χ2n) is 3.68. The fourth-order valence-electron chi connectivity index (χ4n) is 1.49. The van der Waals surface area contributed by atoms with Gasteiger partial charge in [-0.1, -0.05) is 15.9 Å². The average molecular weight is 324 g/mol. The number of benzene rings is 2. The lowest BCUT2D eigenvalue weighted by Crippen LogP contribution is -1.90. The molecule has 0 amide bonds. The zero-order chi connectivity index (χ0) is 13.8. The third-order valence-electron chi connectivity index (χ3n) is 2.36. The number of halogens is 1. The number of nitro benzene ring substituents is 1. The predicted octanol–water partition coefficient (Wildman–Crippen LogP) is 4.16. The third kappa shape index (κ3) is 3.45. The van der Waals surface area contributed by atoms with E-state index in [2.05, 4.69) is 15.9 Å². The van der Waals surface area contributed by atoms with Gasteiger partial charge in [0, 0.05) is 10.5 Å². The highest BCUT2D eigenvalue weighted by atomic mass is 79.9. The Morgan fingerprint density at radius 3 is 2.26 bits per heavy atom. The lowest BCUT2D eigenvalue weighted by Gasteiger charge is -2.07. The van der Waals surface area contributed by atoms with E-state index in [9.17, 15) is 10.1 Å². The van der Waals surface area contributed by atoms with E-state index in [1.165, 1.54) is 12.1 Å². The summed E-state index contributed by atoms with van der Waals surface area (Å²) in [5.41, 5.74) is -0.0297. The largest absolute Gasteiger partial charge is 0.497 e. The van der Waals surface area contributed by atoms with Gasteiger partial charge in [0.15, 0.2) is 0 Å². The first kappa shape index (κ1) is 13.4. The molecule has 19 heavy (non-hydrogen) atoms. The fourth-order valence-corrected chi connectivity index (χ4v) is 1.95. The van der Waals surface area contributed by atoms with Gasteiger partial charge in [0.05, 0.1) is 18.1 Å². The monoisotopic (exact) mass is 323 g/mol. The van der Waals surface area contributed by atoms with Crippen LogP contribution in [0.15, 0.2) is 46.9 Å². The summed E-state index contributed by atoms with van der Waals surface area (Å²) in [6, 6.07) is 11.4. The Morgan fingerprint density at radius 1 is 1.05 bits per heavy atom. The molecule has 0 heterocycles. The molecular formula is C13H10BrNO4. The molecule has 0 saturated heterocycles. The Labute approximate surface area is 118 Å². The molecular weight excluding hydrogens is 314 g/mol. The van der Waals surface area contributed by atoms with Crippen molar-refractivity contribution in [3.8, 4) is 17.2 Å². The minimum atomic E-state index is -0.467. The molecule has 0 aliphatic heterocycles. The van der Waals surface area contributed by atoms with Crippen LogP contribution in [0.2, 0.25) is 0 Å². The van der Waals surface area contributed by atoms with Crippen molar-refractivity contribution in [1.82, 2.24) is 0 Å². The molecule has 6 heteroatoms. The standard InChI is InChI=1S/C13H10BrNO4/c1-18-11-2-4-12(5-3-11)19-13-7-9(14)6-10(8-13)15(16)17/h2-8H,1H3. The summed E-state index contributed by atoms with van der Waals surface area (Å²) in [6.07, 6.45) is 0. The fraction of sp³-hybridized carbons (Fsp3) is 0.0769. The SMILES string of the molecule is COc1ccc(Oc2cc(Br)cc([N+](=O)[O-])c2)cc1. The second-order valence-corrected chi connectivity index (χ2v) is 4.60. The van der Waals surface area contributed by atoms with Crippen LogP contribution in [-0.2, 0) is 0 Å². The van der Waals surface area contributed by atoms with Gasteiger partial charge in [-0.3, -0.25) is 10.1 Å². The van der Waals surface area contributed by atoms with Gasteiger partial charge in [0.25, 0.3) is 5.69 Å². The Hall–Kier alpha value is -2.08. The number of nitrogens with zero attached hydrogens (tertiary/aromatic N) is 1. The topological polar surface area (TPSA) is 61.6 Å². The van der Waals surface area contributed by atoms with Gasteiger partial charge in [0.1, 0.15) is 17.2 Å². The summed E-state index contributed by atoms with van der Waals surface area (Å²) in [7, 11) is 1.58. The normalized spacial score (nSPS) is 10.0. The van der Waals surface area contributed by atoms with Crippen molar-refractivity contribution in [1.29, 1.82) is 0 Å². The zero-order valence-electron chi connectivity index (χ0n) is 10.00. The lowest BCUT2D eigenvalue weighted by atomic mass is 10.3. The molecule has 98 valence electrons. The molecule has 0 aromatic heterocycles. The Kier molecular flexibility index (Phi) is 4.01. The van der Waals surface area contributed by atoms with Crippen LogP contribution in [-0.4, -0.2) is 12.0 Å². The zero-order valence-corrected chi connectivity index (χ0v) is 11.6. The van der Waals surface area contributed by atoms with E-state index in [-0.39, 0.29) is 5.69 Å². The molecule has 0 radical (unpaired) electrons. The van der Waals surface area contributed by atoms with Crippen molar-refractivity contribution in [2.24, 2.45) is 0 Å². The van der Waals surface area contributed by atoms with E-state index in [4.69, 9.17) is 9.47 Å². The molecule has 0 aliphatic rings. The van der Waals surface area contributed by atoms with Crippen LogP contribution in [0.4, 0.5) is 5.69 Å². The first-order valence-electron chi connectivity index (χ1n) is 5.35. The number of non-ortho nitro benzene ring substituents is 1. The number of rotatable bonds is 4. The first-order chi connectivity index (χ1) is 9.08. The van der Waals surface area contributed by atoms with E-state index in [1.54, 1.807) is 37.4 Å². The lowest BCUT2D eigenvalue weighted by molar-refractivity contribution is -0.385. The van der Waals surface area contributed by atoms with Crippen LogP contribution in [0.1, 0.15) is 0 Å². The molecule has 0 aliphatic carbocycles. The van der Waals surface area contributed by atoms with Gasteiger partial charge in [-0.2, -0.15) is 0 Å². The molecule has 0 saturated carbocycles. The van der Waals surface area contributed by atoms with E-state index >= 15 is 0 Å². The number of methoxy groups -OCH3 is 1. The molecule has 2 aromatic carbocycles. The summed E-state index contributed by atoms with van der Waals surface area (Å²) in [5, 5.41) is 10.8. The average Bonchev–Trinajstić information content (AvgIpc) is 2.39.